The van der Waals surface area contributed by atoms with Crippen LogP contribution in [0.15, 0.2) is 59.1 Å². The summed E-state index contributed by atoms with van der Waals surface area (Å²) >= 11 is 0. The van der Waals surface area contributed by atoms with Crippen LogP contribution in [-0.4, -0.2) is 35.0 Å². The van der Waals surface area contributed by atoms with Crippen LogP contribution in [0.1, 0.15) is 34.3 Å². The van der Waals surface area contributed by atoms with E-state index in [4.69, 9.17) is 9.26 Å². The van der Waals surface area contributed by atoms with Gasteiger partial charge in [0.2, 0.25) is 5.91 Å². The van der Waals surface area contributed by atoms with E-state index in [1.165, 1.54) is 11.0 Å². The van der Waals surface area contributed by atoms with Gasteiger partial charge >= 0.3 is 0 Å². The van der Waals surface area contributed by atoms with Gasteiger partial charge < -0.3 is 19.5 Å². The third-order valence-electron chi connectivity index (χ3n) is 5.86. The molecule has 0 spiro atoms. The number of hydrogen-bond acceptors (Lipinski definition) is 5. The molecule has 7 nitrogen and oxygen atoms in total. The zero-order valence-electron chi connectivity index (χ0n) is 20.1. The predicted octanol–water partition coefficient (Wildman–Crippen LogP) is 5.40. The monoisotopic (exact) mass is 493 g/mol. The summed E-state index contributed by atoms with van der Waals surface area (Å²) in [5.41, 5.74) is 1.17. The number of anilines is 1. The van der Waals surface area contributed by atoms with Crippen molar-refractivity contribution in [2.45, 2.75) is 27.4 Å². The largest absolute Gasteiger partial charge is 0.488 e. The molecule has 0 aliphatic carbocycles. The third kappa shape index (κ3) is 5.19. The number of nitrogens with zero attached hydrogens (tertiary/aromatic N) is 2. The summed E-state index contributed by atoms with van der Waals surface area (Å²) in [6.45, 7) is 5.21. The maximum atomic E-state index is 14.0. The molecule has 1 heterocycles. The number of halogens is 2. The number of aromatic nitrogens is 1. The van der Waals surface area contributed by atoms with E-state index in [9.17, 15) is 18.4 Å². The minimum atomic E-state index is -0.901. The number of carbonyl (C=O) groups excluding carboxylic acids is 2. The highest BCUT2D eigenvalue weighted by atomic mass is 19.1. The molecule has 186 valence electrons. The van der Waals surface area contributed by atoms with Crippen molar-refractivity contribution in [3.05, 3.63) is 88.8 Å². The molecule has 2 amide bonds. The Morgan fingerprint density at radius 2 is 1.69 bits per heavy atom. The number of carbonyl (C=O) groups is 2. The lowest BCUT2D eigenvalue weighted by Crippen LogP contribution is -2.38. The second-order valence-corrected chi connectivity index (χ2v) is 8.25. The van der Waals surface area contributed by atoms with Crippen molar-refractivity contribution in [1.82, 2.24) is 10.1 Å². The van der Waals surface area contributed by atoms with E-state index in [0.717, 1.165) is 28.5 Å². The zero-order chi connectivity index (χ0) is 25.8. The molecule has 0 radical (unpaired) electrons. The van der Waals surface area contributed by atoms with E-state index in [1.807, 2.05) is 24.3 Å². The fourth-order valence-corrected chi connectivity index (χ4v) is 3.83. The normalized spacial score (nSPS) is 10.9. The number of rotatable bonds is 8. The lowest BCUT2D eigenvalue weighted by molar-refractivity contribution is -0.116. The Hall–Kier alpha value is -4.27. The van der Waals surface area contributed by atoms with Gasteiger partial charge in [0.05, 0.1) is 16.8 Å². The number of aryl methyl sites for hydroxylation is 2. The zero-order valence-corrected chi connectivity index (χ0v) is 20.1. The van der Waals surface area contributed by atoms with Gasteiger partial charge in [-0.05, 0) is 55.8 Å². The van der Waals surface area contributed by atoms with Crippen molar-refractivity contribution < 1.29 is 27.6 Å². The smallest absolute Gasteiger partial charge is 0.258 e. The number of likely N-dealkylation sites (N-methyl/N-ethyl adjacent to an activating group) is 1. The van der Waals surface area contributed by atoms with Crippen molar-refractivity contribution in [2.75, 3.05) is 18.4 Å². The lowest BCUT2D eigenvalue weighted by atomic mass is 10.0. The molecule has 0 unspecified atom stereocenters. The molecular formula is C27H25F2N3O4. The van der Waals surface area contributed by atoms with Gasteiger partial charge in [0.15, 0.2) is 0 Å². The number of benzene rings is 3. The van der Waals surface area contributed by atoms with E-state index in [2.05, 4.69) is 10.5 Å². The van der Waals surface area contributed by atoms with Crippen LogP contribution in [0.2, 0.25) is 0 Å². The lowest BCUT2D eigenvalue weighted by Gasteiger charge is -2.22. The van der Waals surface area contributed by atoms with Crippen LogP contribution >= 0.6 is 0 Å². The van der Waals surface area contributed by atoms with Crippen molar-refractivity contribution in [3.8, 4) is 5.75 Å². The molecule has 0 fully saturated rings. The average Bonchev–Trinajstić information content (AvgIpc) is 3.19. The fourth-order valence-electron chi connectivity index (χ4n) is 3.83. The van der Waals surface area contributed by atoms with Crippen molar-refractivity contribution in [3.63, 3.8) is 0 Å². The first-order chi connectivity index (χ1) is 17.3. The van der Waals surface area contributed by atoms with Crippen LogP contribution < -0.4 is 10.1 Å². The second-order valence-electron chi connectivity index (χ2n) is 8.25. The Balaban J connectivity index is 1.61. The number of para-hydroxylation sites is 1. The van der Waals surface area contributed by atoms with Gasteiger partial charge in [0.1, 0.15) is 42.0 Å². The summed E-state index contributed by atoms with van der Waals surface area (Å²) < 4.78 is 39.1. The molecule has 4 aromatic rings. The van der Waals surface area contributed by atoms with Crippen molar-refractivity contribution in [1.29, 1.82) is 0 Å². The molecular weight excluding hydrogens is 468 g/mol. The molecule has 0 aliphatic heterocycles. The Morgan fingerprint density at radius 1 is 1.03 bits per heavy atom. The molecule has 1 aromatic heterocycles. The number of ether oxygens (including phenoxy) is 1. The molecule has 1 N–H and O–H groups in total. The molecule has 36 heavy (non-hydrogen) atoms. The Kier molecular flexibility index (Phi) is 7.28. The first-order valence-corrected chi connectivity index (χ1v) is 11.4. The van der Waals surface area contributed by atoms with Gasteiger partial charge in [-0.2, -0.15) is 0 Å². The second kappa shape index (κ2) is 10.6. The minimum Gasteiger partial charge on any atom is -0.488 e. The standard InChI is InChI=1S/C27H25F2N3O4/c1-4-32(14-25(33)30-26-22(28)10-7-11-23(26)29)27(34)20-12-18-8-5-6-9-19(18)13-24(20)35-15-21-16(2)31-36-17(21)3/h5-13H,4,14-15H2,1-3H3,(H,30,33). The van der Waals surface area contributed by atoms with Crippen LogP contribution in [0.3, 0.4) is 0 Å². The summed E-state index contributed by atoms with van der Waals surface area (Å²) in [4.78, 5) is 27.4. The maximum absolute atomic E-state index is 14.0. The Labute approximate surface area is 206 Å². The highest BCUT2D eigenvalue weighted by Gasteiger charge is 2.23. The number of hydrogen-bond donors (Lipinski definition) is 1. The quantitative estimate of drug-likeness (QED) is 0.355. The van der Waals surface area contributed by atoms with Gasteiger partial charge in [-0.3, -0.25) is 9.59 Å². The number of fused-ring (bicyclic) bond motifs is 1. The van der Waals surface area contributed by atoms with E-state index in [1.54, 1.807) is 32.9 Å². The van der Waals surface area contributed by atoms with Crippen LogP contribution in [0.5, 0.6) is 5.75 Å². The minimum absolute atomic E-state index is 0.138. The van der Waals surface area contributed by atoms with Crippen molar-refractivity contribution >= 4 is 28.3 Å². The van der Waals surface area contributed by atoms with Gasteiger partial charge in [-0.25, -0.2) is 8.78 Å². The average molecular weight is 494 g/mol. The summed E-state index contributed by atoms with van der Waals surface area (Å²) in [6.07, 6.45) is 0. The third-order valence-corrected chi connectivity index (χ3v) is 5.86. The molecule has 0 aliphatic rings. The molecule has 4 rings (SSSR count). The van der Waals surface area contributed by atoms with Gasteiger partial charge in [-0.1, -0.05) is 35.5 Å². The van der Waals surface area contributed by atoms with Crippen LogP contribution in [0, 0.1) is 25.5 Å². The van der Waals surface area contributed by atoms with E-state index >= 15 is 0 Å². The number of nitrogens with one attached hydrogen (secondary N) is 1. The van der Waals surface area contributed by atoms with E-state index < -0.39 is 35.7 Å². The molecule has 9 heteroatoms. The topological polar surface area (TPSA) is 84.7 Å². The molecule has 3 aromatic carbocycles. The van der Waals surface area contributed by atoms with Crippen molar-refractivity contribution in [2.24, 2.45) is 0 Å². The summed E-state index contributed by atoms with van der Waals surface area (Å²) in [6, 6.07) is 14.3. The number of amides is 2. The summed E-state index contributed by atoms with van der Waals surface area (Å²) in [7, 11) is 0. The molecule has 0 atom stereocenters. The van der Waals surface area contributed by atoms with Crippen LogP contribution in [0.4, 0.5) is 14.5 Å². The van der Waals surface area contributed by atoms with Crippen LogP contribution in [-0.2, 0) is 11.4 Å². The van der Waals surface area contributed by atoms with Gasteiger partial charge in [0.25, 0.3) is 5.91 Å². The van der Waals surface area contributed by atoms with E-state index in [0.29, 0.717) is 17.2 Å². The molecule has 0 saturated carbocycles. The van der Waals surface area contributed by atoms with E-state index in [-0.39, 0.29) is 18.7 Å². The SMILES string of the molecule is CCN(CC(=O)Nc1c(F)cccc1F)C(=O)c1cc2ccccc2cc1OCc1c(C)noc1C. The van der Waals surface area contributed by atoms with Crippen LogP contribution in [0.25, 0.3) is 10.8 Å². The fraction of sp³-hybridized carbons (Fsp3) is 0.222. The predicted molar refractivity (Wildman–Crippen MR) is 131 cm³/mol. The summed E-state index contributed by atoms with van der Waals surface area (Å²) in [5, 5.41) is 7.84. The Bertz CT molecular complexity index is 1390. The maximum Gasteiger partial charge on any atom is 0.258 e. The van der Waals surface area contributed by atoms with Gasteiger partial charge in [0, 0.05) is 6.54 Å². The molecule has 0 saturated heterocycles. The first-order valence-electron chi connectivity index (χ1n) is 11.4. The first kappa shape index (κ1) is 24.8. The highest BCUT2D eigenvalue weighted by molar-refractivity contribution is 6.04. The summed E-state index contributed by atoms with van der Waals surface area (Å²) in [5.74, 6) is -2.04. The Morgan fingerprint density at radius 3 is 2.31 bits per heavy atom. The van der Waals surface area contributed by atoms with Gasteiger partial charge in [-0.15, -0.1) is 0 Å². The highest BCUT2D eigenvalue weighted by Crippen LogP contribution is 2.29. The molecule has 0 bridgehead atoms.